The number of benzene rings is 1. The van der Waals surface area contributed by atoms with Crippen LogP contribution in [0.25, 0.3) is 0 Å². The first-order valence-corrected chi connectivity index (χ1v) is 5.82. The van der Waals surface area contributed by atoms with Crippen LogP contribution in [0.5, 0.6) is 0 Å². The number of ether oxygens (including phenoxy) is 1. The second-order valence-electron chi connectivity index (χ2n) is 4.22. The molecule has 1 rings (SSSR count). The van der Waals surface area contributed by atoms with Crippen LogP contribution in [-0.2, 0) is 9.53 Å². The molecule has 0 saturated heterocycles. The second kappa shape index (κ2) is 6.41. The van der Waals surface area contributed by atoms with Gasteiger partial charge < -0.3 is 10.1 Å². The summed E-state index contributed by atoms with van der Waals surface area (Å²) in [6.45, 7) is 1.16. The van der Waals surface area contributed by atoms with E-state index in [-0.39, 0.29) is 11.1 Å². The third-order valence-corrected chi connectivity index (χ3v) is 2.72. The Balaban J connectivity index is 3.16. The van der Waals surface area contributed by atoms with E-state index in [1.807, 2.05) is 0 Å². The Morgan fingerprint density at radius 3 is 2.41 bits per heavy atom. The number of nitrogens with zero attached hydrogens (tertiary/aromatic N) is 1. The molecule has 0 fully saturated rings. The summed E-state index contributed by atoms with van der Waals surface area (Å²) >= 11 is 0. The van der Waals surface area contributed by atoms with Crippen LogP contribution >= 0.6 is 0 Å². The SMILES string of the molecule is COC(=O)c1ccc(C(C)NC(=O)C(F)(F)F)c([N+](=O)[O-])c1. The Hall–Kier alpha value is -2.65. The van der Waals surface area contributed by atoms with Crippen molar-refractivity contribution in [3.05, 3.63) is 39.4 Å². The number of nitro groups is 1. The van der Waals surface area contributed by atoms with Gasteiger partial charge in [-0.15, -0.1) is 0 Å². The lowest BCUT2D eigenvalue weighted by Crippen LogP contribution is -2.38. The Morgan fingerprint density at radius 1 is 1.36 bits per heavy atom. The Labute approximate surface area is 122 Å². The molecule has 120 valence electrons. The van der Waals surface area contributed by atoms with E-state index in [9.17, 15) is 32.9 Å². The highest BCUT2D eigenvalue weighted by molar-refractivity contribution is 5.90. The lowest BCUT2D eigenvalue weighted by atomic mass is 10.0. The number of esters is 1. The van der Waals surface area contributed by atoms with E-state index in [1.165, 1.54) is 0 Å². The Morgan fingerprint density at radius 2 is 1.95 bits per heavy atom. The predicted octanol–water partition coefficient (Wildman–Crippen LogP) is 2.12. The van der Waals surface area contributed by atoms with Crippen LogP contribution in [-0.4, -0.2) is 30.1 Å². The molecule has 1 N–H and O–H groups in total. The van der Waals surface area contributed by atoms with Crippen molar-refractivity contribution in [3.63, 3.8) is 0 Å². The maximum atomic E-state index is 12.2. The Bertz CT molecular complexity index is 615. The zero-order valence-electron chi connectivity index (χ0n) is 11.4. The van der Waals surface area contributed by atoms with Crippen molar-refractivity contribution in [1.82, 2.24) is 5.32 Å². The van der Waals surface area contributed by atoms with Gasteiger partial charge in [0.05, 0.1) is 29.2 Å². The monoisotopic (exact) mass is 320 g/mol. The van der Waals surface area contributed by atoms with Gasteiger partial charge in [0, 0.05) is 6.07 Å². The van der Waals surface area contributed by atoms with Gasteiger partial charge in [-0.3, -0.25) is 14.9 Å². The van der Waals surface area contributed by atoms with Gasteiger partial charge in [0.25, 0.3) is 5.69 Å². The maximum absolute atomic E-state index is 12.2. The fourth-order valence-electron chi connectivity index (χ4n) is 1.67. The summed E-state index contributed by atoms with van der Waals surface area (Å²) < 4.78 is 41.0. The molecule has 7 nitrogen and oxygen atoms in total. The number of nitro benzene ring substituents is 1. The van der Waals surface area contributed by atoms with Gasteiger partial charge in [0.2, 0.25) is 0 Å². The third-order valence-electron chi connectivity index (χ3n) is 2.72. The van der Waals surface area contributed by atoms with Gasteiger partial charge >= 0.3 is 18.1 Å². The zero-order chi connectivity index (χ0) is 17.1. The molecule has 0 saturated carbocycles. The molecule has 0 spiro atoms. The molecule has 1 amide bonds. The predicted molar refractivity (Wildman–Crippen MR) is 67.0 cm³/mol. The van der Waals surface area contributed by atoms with E-state index in [1.54, 1.807) is 5.32 Å². The lowest BCUT2D eigenvalue weighted by molar-refractivity contribution is -0.385. The van der Waals surface area contributed by atoms with Crippen molar-refractivity contribution in [2.75, 3.05) is 7.11 Å². The normalized spacial score (nSPS) is 12.4. The smallest absolute Gasteiger partial charge is 0.465 e. The number of amides is 1. The summed E-state index contributed by atoms with van der Waals surface area (Å²) in [5, 5.41) is 12.6. The second-order valence-corrected chi connectivity index (χ2v) is 4.22. The van der Waals surface area contributed by atoms with Gasteiger partial charge in [-0.1, -0.05) is 0 Å². The molecule has 0 heterocycles. The summed E-state index contributed by atoms with van der Waals surface area (Å²) in [7, 11) is 1.08. The number of nitrogens with one attached hydrogen (secondary N) is 1. The quantitative estimate of drug-likeness (QED) is 0.520. The first-order chi connectivity index (χ1) is 10.1. The molecule has 1 aromatic rings. The average Bonchev–Trinajstić information content (AvgIpc) is 2.44. The van der Waals surface area contributed by atoms with Gasteiger partial charge in [0.1, 0.15) is 0 Å². The van der Waals surface area contributed by atoms with Gasteiger partial charge in [-0.2, -0.15) is 13.2 Å². The van der Waals surface area contributed by atoms with E-state index < -0.39 is 34.7 Å². The molecule has 1 atom stereocenters. The molecule has 0 bridgehead atoms. The number of carbonyl (C=O) groups is 2. The molecule has 0 aliphatic carbocycles. The maximum Gasteiger partial charge on any atom is 0.471 e. The summed E-state index contributed by atoms with van der Waals surface area (Å²) in [5.41, 5.74) is -0.902. The standard InChI is InChI=1S/C12H11F3N2O5/c1-6(16-11(19)12(13,14)15)8-4-3-7(10(18)22-2)5-9(8)17(20)21/h3-6H,1-2H3,(H,16,19). The van der Waals surface area contributed by atoms with Crippen LogP contribution < -0.4 is 5.32 Å². The highest BCUT2D eigenvalue weighted by Gasteiger charge is 2.40. The molecule has 0 radical (unpaired) electrons. The summed E-state index contributed by atoms with van der Waals surface area (Å²) in [6.07, 6.45) is -5.10. The van der Waals surface area contributed by atoms with Gasteiger partial charge in [0.15, 0.2) is 0 Å². The van der Waals surface area contributed by atoms with Gasteiger partial charge in [-0.25, -0.2) is 4.79 Å². The van der Waals surface area contributed by atoms with Crippen molar-refractivity contribution in [2.45, 2.75) is 19.1 Å². The van der Waals surface area contributed by atoms with E-state index in [0.29, 0.717) is 0 Å². The van der Waals surface area contributed by atoms with E-state index >= 15 is 0 Å². The number of hydrogen-bond donors (Lipinski definition) is 1. The van der Waals surface area contributed by atoms with Crippen LogP contribution in [0.2, 0.25) is 0 Å². The highest BCUT2D eigenvalue weighted by atomic mass is 19.4. The summed E-state index contributed by atoms with van der Waals surface area (Å²) in [5.74, 6) is -3.05. The van der Waals surface area contributed by atoms with Crippen LogP contribution in [0.3, 0.4) is 0 Å². The van der Waals surface area contributed by atoms with Crippen LogP contribution in [0, 0.1) is 10.1 Å². The number of halogens is 3. The van der Waals surface area contributed by atoms with Crippen molar-refractivity contribution in [2.24, 2.45) is 0 Å². The molecule has 22 heavy (non-hydrogen) atoms. The minimum atomic E-state index is -5.10. The number of methoxy groups -OCH3 is 1. The average molecular weight is 320 g/mol. The van der Waals surface area contributed by atoms with Crippen LogP contribution in [0.15, 0.2) is 18.2 Å². The molecular weight excluding hydrogens is 309 g/mol. The van der Waals surface area contributed by atoms with Crippen molar-refractivity contribution >= 4 is 17.6 Å². The van der Waals surface area contributed by atoms with Crippen molar-refractivity contribution in [1.29, 1.82) is 0 Å². The fourth-order valence-corrected chi connectivity index (χ4v) is 1.67. The van der Waals surface area contributed by atoms with Gasteiger partial charge in [-0.05, 0) is 19.1 Å². The topological polar surface area (TPSA) is 98.5 Å². The van der Waals surface area contributed by atoms with E-state index in [4.69, 9.17) is 0 Å². The van der Waals surface area contributed by atoms with E-state index in [0.717, 1.165) is 32.2 Å². The number of rotatable bonds is 4. The number of hydrogen-bond acceptors (Lipinski definition) is 5. The molecule has 10 heteroatoms. The van der Waals surface area contributed by atoms with Crippen LogP contribution in [0.4, 0.5) is 18.9 Å². The number of carbonyl (C=O) groups excluding carboxylic acids is 2. The minimum Gasteiger partial charge on any atom is -0.465 e. The summed E-state index contributed by atoms with van der Waals surface area (Å²) in [4.78, 5) is 32.3. The van der Waals surface area contributed by atoms with Crippen molar-refractivity contribution in [3.8, 4) is 0 Å². The molecule has 1 unspecified atom stereocenters. The Kier molecular flexibility index (Phi) is 5.07. The first kappa shape index (κ1) is 17.4. The zero-order valence-corrected chi connectivity index (χ0v) is 11.4. The largest absolute Gasteiger partial charge is 0.471 e. The molecule has 0 aliphatic rings. The molecule has 1 aromatic carbocycles. The third kappa shape index (κ3) is 3.93. The van der Waals surface area contributed by atoms with E-state index in [2.05, 4.69) is 4.74 Å². The lowest BCUT2D eigenvalue weighted by Gasteiger charge is -2.16. The summed E-state index contributed by atoms with van der Waals surface area (Å²) in [6, 6.07) is 1.84. The minimum absolute atomic E-state index is 0.132. The molecule has 0 aromatic heterocycles. The molecule has 0 aliphatic heterocycles. The fraction of sp³-hybridized carbons (Fsp3) is 0.333. The first-order valence-electron chi connectivity index (χ1n) is 5.82. The highest BCUT2D eigenvalue weighted by Crippen LogP contribution is 2.27. The van der Waals surface area contributed by atoms with Crippen LogP contribution in [0.1, 0.15) is 28.9 Å². The molecular formula is C12H11F3N2O5. The number of alkyl halides is 3. The van der Waals surface area contributed by atoms with Crippen molar-refractivity contribution < 1.29 is 32.4 Å².